The van der Waals surface area contributed by atoms with E-state index in [4.69, 9.17) is 9.47 Å². The number of methoxy groups -OCH3 is 1. The Morgan fingerprint density at radius 2 is 2.00 bits per heavy atom. The molecule has 0 heterocycles. The molecule has 6 nitrogen and oxygen atoms in total. The number of ether oxygens (including phenoxy) is 2. The molecular weight excluding hydrogens is 318 g/mol. The van der Waals surface area contributed by atoms with Crippen molar-refractivity contribution < 1.29 is 14.6 Å². The van der Waals surface area contributed by atoms with E-state index in [1.54, 1.807) is 12.1 Å². The maximum atomic E-state index is 9.85. The zero-order chi connectivity index (χ0) is 18.7. The van der Waals surface area contributed by atoms with E-state index in [0.717, 1.165) is 37.6 Å². The Labute approximate surface area is 151 Å². The summed E-state index contributed by atoms with van der Waals surface area (Å²) < 4.78 is 10.8. The molecule has 0 aliphatic rings. The van der Waals surface area contributed by atoms with Gasteiger partial charge in [-0.25, -0.2) is 4.99 Å². The molecule has 1 aromatic carbocycles. The molecule has 0 spiro atoms. The lowest BCUT2D eigenvalue weighted by molar-refractivity contribution is 0.0258. The van der Waals surface area contributed by atoms with Gasteiger partial charge in [0.2, 0.25) is 0 Å². The number of hydrogen-bond acceptors (Lipinski definition) is 4. The second-order valence-electron chi connectivity index (χ2n) is 6.15. The molecule has 0 amide bonds. The van der Waals surface area contributed by atoms with Gasteiger partial charge in [-0.1, -0.05) is 19.9 Å². The van der Waals surface area contributed by atoms with Gasteiger partial charge in [0.15, 0.2) is 17.5 Å². The van der Waals surface area contributed by atoms with Gasteiger partial charge in [-0.2, -0.15) is 0 Å². The zero-order valence-corrected chi connectivity index (χ0v) is 16.1. The average molecular weight is 351 g/mol. The van der Waals surface area contributed by atoms with Gasteiger partial charge in [0.05, 0.1) is 19.8 Å². The van der Waals surface area contributed by atoms with E-state index in [1.165, 1.54) is 7.11 Å². The van der Waals surface area contributed by atoms with Crippen LogP contribution in [0.1, 0.15) is 39.7 Å². The third kappa shape index (κ3) is 7.65. The summed E-state index contributed by atoms with van der Waals surface area (Å²) in [5.74, 6) is 1.85. The Balaban J connectivity index is 2.60. The van der Waals surface area contributed by atoms with Gasteiger partial charge in [0.25, 0.3) is 0 Å². The maximum absolute atomic E-state index is 9.85. The summed E-state index contributed by atoms with van der Waals surface area (Å²) >= 11 is 0. The predicted octanol–water partition coefficient (Wildman–Crippen LogP) is 2.91. The molecule has 0 aromatic heterocycles. The number of benzene rings is 1. The SMILES string of the molecule is CCNC(=NCc1ccc(OC)c(O)c1)NCCC(OCC)C(C)C. The van der Waals surface area contributed by atoms with Crippen LogP contribution in [0.5, 0.6) is 11.5 Å². The van der Waals surface area contributed by atoms with E-state index < -0.39 is 0 Å². The Bertz CT molecular complexity index is 533. The van der Waals surface area contributed by atoms with Gasteiger partial charge in [-0.3, -0.25) is 0 Å². The van der Waals surface area contributed by atoms with Crippen molar-refractivity contribution in [1.82, 2.24) is 10.6 Å². The van der Waals surface area contributed by atoms with E-state index in [1.807, 2.05) is 19.9 Å². The van der Waals surface area contributed by atoms with Gasteiger partial charge in [-0.15, -0.1) is 0 Å². The molecule has 0 saturated heterocycles. The van der Waals surface area contributed by atoms with E-state index >= 15 is 0 Å². The number of phenolic OH excluding ortho intramolecular Hbond substituents is 1. The maximum Gasteiger partial charge on any atom is 0.191 e. The number of hydrogen-bond donors (Lipinski definition) is 3. The van der Waals surface area contributed by atoms with Crippen LogP contribution >= 0.6 is 0 Å². The number of nitrogens with one attached hydrogen (secondary N) is 2. The summed E-state index contributed by atoms with van der Waals surface area (Å²) in [4.78, 5) is 4.57. The lowest BCUT2D eigenvalue weighted by atomic mass is 10.0. The van der Waals surface area contributed by atoms with Crippen molar-refractivity contribution >= 4 is 5.96 Å². The van der Waals surface area contributed by atoms with Gasteiger partial charge in [0, 0.05) is 19.7 Å². The first-order valence-electron chi connectivity index (χ1n) is 9.01. The number of aromatic hydroxyl groups is 1. The second-order valence-corrected chi connectivity index (χ2v) is 6.15. The first-order valence-corrected chi connectivity index (χ1v) is 9.01. The largest absolute Gasteiger partial charge is 0.504 e. The quantitative estimate of drug-likeness (QED) is 0.446. The summed E-state index contributed by atoms with van der Waals surface area (Å²) in [5, 5.41) is 16.4. The Morgan fingerprint density at radius 1 is 1.24 bits per heavy atom. The van der Waals surface area contributed by atoms with Crippen LogP contribution in [0.25, 0.3) is 0 Å². The molecule has 1 aromatic rings. The highest BCUT2D eigenvalue weighted by Crippen LogP contribution is 2.26. The van der Waals surface area contributed by atoms with E-state index in [-0.39, 0.29) is 11.9 Å². The fourth-order valence-corrected chi connectivity index (χ4v) is 2.50. The van der Waals surface area contributed by atoms with Crippen LogP contribution in [-0.4, -0.2) is 44.0 Å². The molecule has 0 aliphatic heterocycles. The molecule has 0 radical (unpaired) electrons. The molecule has 0 aliphatic carbocycles. The summed E-state index contributed by atoms with van der Waals surface area (Å²) in [5.41, 5.74) is 0.921. The summed E-state index contributed by atoms with van der Waals surface area (Å²) in [6, 6.07) is 5.32. The first kappa shape index (κ1) is 21.1. The predicted molar refractivity (Wildman–Crippen MR) is 102 cm³/mol. The number of aliphatic imine (C=N–C) groups is 1. The molecule has 0 fully saturated rings. The van der Waals surface area contributed by atoms with Gasteiger partial charge < -0.3 is 25.2 Å². The Morgan fingerprint density at radius 3 is 2.56 bits per heavy atom. The van der Waals surface area contributed by atoms with Gasteiger partial charge >= 0.3 is 0 Å². The van der Waals surface area contributed by atoms with Crippen LogP contribution in [0.3, 0.4) is 0 Å². The molecule has 0 saturated carbocycles. The average Bonchev–Trinajstić information content (AvgIpc) is 2.58. The number of guanidine groups is 1. The van der Waals surface area contributed by atoms with Gasteiger partial charge in [0.1, 0.15) is 0 Å². The van der Waals surface area contributed by atoms with E-state index in [2.05, 4.69) is 29.5 Å². The van der Waals surface area contributed by atoms with Crippen molar-refractivity contribution in [1.29, 1.82) is 0 Å². The minimum Gasteiger partial charge on any atom is -0.504 e. The topological polar surface area (TPSA) is 75.1 Å². The fourth-order valence-electron chi connectivity index (χ4n) is 2.50. The normalized spacial score (nSPS) is 13.0. The van der Waals surface area contributed by atoms with Crippen LogP contribution in [0.2, 0.25) is 0 Å². The van der Waals surface area contributed by atoms with Crippen molar-refractivity contribution in [2.75, 3.05) is 26.8 Å². The number of rotatable bonds is 10. The highest BCUT2D eigenvalue weighted by molar-refractivity contribution is 5.79. The molecule has 3 N–H and O–H groups in total. The number of nitrogens with zero attached hydrogens (tertiary/aromatic N) is 1. The van der Waals surface area contributed by atoms with Crippen molar-refractivity contribution in [3.8, 4) is 11.5 Å². The minimum atomic E-state index is 0.129. The molecule has 0 bridgehead atoms. The van der Waals surface area contributed by atoms with Crippen LogP contribution in [0, 0.1) is 5.92 Å². The van der Waals surface area contributed by atoms with Crippen molar-refractivity contribution in [2.45, 2.75) is 46.8 Å². The number of phenols is 1. The minimum absolute atomic E-state index is 0.129. The lowest BCUT2D eigenvalue weighted by Gasteiger charge is -2.21. The Kier molecular flexibility index (Phi) is 9.77. The lowest BCUT2D eigenvalue weighted by Crippen LogP contribution is -2.39. The third-order valence-corrected chi connectivity index (χ3v) is 3.85. The molecule has 1 rings (SSSR count). The van der Waals surface area contributed by atoms with Gasteiger partial charge in [-0.05, 0) is 43.9 Å². The van der Waals surface area contributed by atoms with Crippen molar-refractivity contribution in [3.63, 3.8) is 0 Å². The highest BCUT2D eigenvalue weighted by Gasteiger charge is 2.13. The Hall–Kier alpha value is -1.95. The molecule has 6 heteroatoms. The molecule has 1 unspecified atom stereocenters. The molecule has 142 valence electrons. The standard InChI is InChI=1S/C19H33N3O3/c1-6-20-19(21-11-10-17(14(3)4)25-7-2)22-13-15-8-9-18(24-5)16(23)12-15/h8-9,12,14,17,23H,6-7,10-11,13H2,1-5H3,(H2,20,21,22). The fraction of sp³-hybridized carbons (Fsp3) is 0.632. The van der Waals surface area contributed by atoms with Crippen LogP contribution in [-0.2, 0) is 11.3 Å². The summed E-state index contributed by atoms with van der Waals surface area (Å²) in [6.45, 7) is 11.2. The van der Waals surface area contributed by atoms with Crippen molar-refractivity contribution in [2.24, 2.45) is 10.9 Å². The van der Waals surface area contributed by atoms with Crippen LogP contribution in [0.15, 0.2) is 23.2 Å². The third-order valence-electron chi connectivity index (χ3n) is 3.85. The summed E-state index contributed by atoms with van der Waals surface area (Å²) in [6.07, 6.45) is 1.18. The monoisotopic (exact) mass is 351 g/mol. The molecule has 1 atom stereocenters. The van der Waals surface area contributed by atoms with E-state index in [9.17, 15) is 5.11 Å². The molecule has 25 heavy (non-hydrogen) atoms. The molecular formula is C19H33N3O3. The van der Waals surface area contributed by atoms with Crippen LogP contribution < -0.4 is 15.4 Å². The second kappa shape index (κ2) is 11.6. The highest BCUT2D eigenvalue weighted by atomic mass is 16.5. The van der Waals surface area contributed by atoms with E-state index in [0.29, 0.717) is 18.2 Å². The van der Waals surface area contributed by atoms with Crippen LogP contribution in [0.4, 0.5) is 0 Å². The smallest absolute Gasteiger partial charge is 0.191 e. The first-order chi connectivity index (χ1) is 12.0. The van der Waals surface area contributed by atoms with Crippen molar-refractivity contribution in [3.05, 3.63) is 23.8 Å². The zero-order valence-electron chi connectivity index (χ0n) is 16.1. The summed E-state index contributed by atoms with van der Waals surface area (Å²) in [7, 11) is 1.53.